The van der Waals surface area contributed by atoms with Crippen LogP contribution in [0.25, 0.3) is 0 Å². The number of hydrogen-bond donors (Lipinski definition) is 2. The first-order chi connectivity index (χ1) is 9.23. The minimum absolute atomic E-state index is 0.474. The highest BCUT2D eigenvalue weighted by Gasteiger charge is 2.38. The van der Waals surface area contributed by atoms with Gasteiger partial charge in [-0.2, -0.15) is 5.06 Å². The van der Waals surface area contributed by atoms with Crippen molar-refractivity contribution < 1.29 is 34.2 Å². The van der Waals surface area contributed by atoms with Crippen molar-refractivity contribution >= 4 is 18.0 Å². The molecule has 0 rings (SSSR count). The minimum Gasteiger partial charge on any atom is -0.481 e. The first kappa shape index (κ1) is 19.2. The smallest absolute Gasteiger partial charge is 0.435 e. The Morgan fingerprint density at radius 3 is 1.76 bits per heavy atom. The molecule has 21 heavy (non-hydrogen) atoms. The van der Waals surface area contributed by atoms with Crippen LogP contribution in [0.4, 0.5) is 4.79 Å². The third kappa shape index (κ3) is 8.13. The number of carbonyl (C=O) groups is 3. The Morgan fingerprint density at radius 1 is 1.00 bits per heavy atom. The maximum atomic E-state index is 12.1. The van der Waals surface area contributed by atoms with Gasteiger partial charge in [0, 0.05) is 0 Å². The first-order valence-corrected chi connectivity index (χ1v) is 6.39. The molecule has 0 saturated carbocycles. The van der Waals surface area contributed by atoms with Crippen LogP contribution in [0, 0.1) is 0 Å². The standard InChI is InChI=1S/C13H23NO7/c1-12(2,3)20-11(19)14(21-13(4,5)6)8(10(17)18)7-9(15)16/h8H,7H2,1-6H3,(H,15,16)(H,17,18)/t8-/m0/s1. The van der Waals surface area contributed by atoms with E-state index < -0.39 is 41.7 Å². The van der Waals surface area contributed by atoms with Gasteiger partial charge >= 0.3 is 18.0 Å². The van der Waals surface area contributed by atoms with Crippen LogP contribution in [0.3, 0.4) is 0 Å². The van der Waals surface area contributed by atoms with Crippen molar-refractivity contribution in [2.75, 3.05) is 0 Å². The number of carboxylic acid groups (broad SMARTS) is 2. The third-order valence-corrected chi connectivity index (χ3v) is 1.88. The van der Waals surface area contributed by atoms with Crippen molar-refractivity contribution in [1.82, 2.24) is 5.06 Å². The lowest BCUT2D eigenvalue weighted by Crippen LogP contribution is -2.51. The molecule has 0 aliphatic rings. The van der Waals surface area contributed by atoms with E-state index in [1.165, 1.54) is 0 Å². The Kier molecular flexibility index (Phi) is 6.16. The predicted octanol–water partition coefficient (Wildman–Crippen LogP) is 1.88. The third-order valence-electron chi connectivity index (χ3n) is 1.88. The van der Waals surface area contributed by atoms with Crippen molar-refractivity contribution in [3.8, 4) is 0 Å². The zero-order chi connectivity index (χ0) is 17.0. The van der Waals surface area contributed by atoms with Gasteiger partial charge in [0.05, 0.1) is 12.0 Å². The normalized spacial score (nSPS) is 13.4. The molecule has 0 aromatic carbocycles. The van der Waals surface area contributed by atoms with E-state index in [1.807, 2.05) is 0 Å². The molecule has 0 spiro atoms. The van der Waals surface area contributed by atoms with Gasteiger partial charge in [0.1, 0.15) is 5.60 Å². The predicted molar refractivity (Wildman–Crippen MR) is 72.6 cm³/mol. The average Bonchev–Trinajstić information content (AvgIpc) is 2.18. The van der Waals surface area contributed by atoms with Gasteiger partial charge in [-0.15, -0.1) is 0 Å². The number of carbonyl (C=O) groups excluding carboxylic acids is 1. The van der Waals surface area contributed by atoms with Gasteiger partial charge in [-0.25, -0.2) is 9.59 Å². The van der Waals surface area contributed by atoms with Crippen molar-refractivity contribution in [3.63, 3.8) is 0 Å². The van der Waals surface area contributed by atoms with E-state index in [1.54, 1.807) is 41.5 Å². The van der Waals surface area contributed by atoms with Gasteiger partial charge in [-0.1, -0.05) is 0 Å². The number of amides is 1. The van der Waals surface area contributed by atoms with Gasteiger partial charge in [0.2, 0.25) is 0 Å². The first-order valence-electron chi connectivity index (χ1n) is 6.39. The Labute approximate surface area is 123 Å². The van der Waals surface area contributed by atoms with E-state index in [0.717, 1.165) is 0 Å². The zero-order valence-electron chi connectivity index (χ0n) is 13.2. The summed E-state index contributed by atoms with van der Waals surface area (Å²) in [6.07, 6.45) is -1.85. The number of aliphatic carboxylic acids is 2. The average molecular weight is 305 g/mol. The van der Waals surface area contributed by atoms with Crippen LogP contribution in [0.5, 0.6) is 0 Å². The molecule has 0 bridgehead atoms. The van der Waals surface area contributed by atoms with E-state index in [4.69, 9.17) is 19.8 Å². The summed E-state index contributed by atoms with van der Waals surface area (Å²) < 4.78 is 5.06. The van der Waals surface area contributed by atoms with Gasteiger partial charge in [-0.05, 0) is 41.5 Å². The Bertz CT molecular complexity index is 406. The van der Waals surface area contributed by atoms with Gasteiger partial charge in [0.15, 0.2) is 6.04 Å². The van der Waals surface area contributed by atoms with Crippen LogP contribution in [0.15, 0.2) is 0 Å². The second-order valence-corrected chi connectivity index (χ2v) is 6.46. The fourth-order valence-electron chi connectivity index (χ4n) is 1.27. The summed E-state index contributed by atoms with van der Waals surface area (Å²) in [5, 5.41) is 18.4. The van der Waals surface area contributed by atoms with Crippen LogP contribution in [0.1, 0.15) is 48.0 Å². The van der Waals surface area contributed by atoms with Crippen LogP contribution in [0.2, 0.25) is 0 Å². The van der Waals surface area contributed by atoms with Gasteiger partial charge in [0.25, 0.3) is 0 Å². The zero-order valence-corrected chi connectivity index (χ0v) is 13.2. The second-order valence-electron chi connectivity index (χ2n) is 6.46. The van der Waals surface area contributed by atoms with Crippen LogP contribution >= 0.6 is 0 Å². The summed E-state index contributed by atoms with van der Waals surface area (Å²) in [5.41, 5.74) is -1.77. The topological polar surface area (TPSA) is 113 Å². The Hall–Kier alpha value is -1.83. The summed E-state index contributed by atoms with van der Waals surface area (Å²) >= 11 is 0. The van der Waals surface area contributed by atoms with Crippen molar-refractivity contribution in [2.24, 2.45) is 0 Å². The van der Waals surface area contributed by atoms with Gasteiger partial charge < -0.3 is 14.9 Å². The highest BCUT2D eigenvalue weighted by molar-refractivity contribution is 5.84. The number of carboxylic acids is 2. The number of rotatable bonds is 5. The SMILES string of the molecule is CC(C)(C)OC(=O)N(OC(C)(C)C)[C@@H](CC(=O)O)C(=O)O. The molecule has 8 nitrogen and oxygen atoms in total. The number of hydroxylamine groups is 2. The fourth-order valence-corrected chi connectivity index (χ4v) is 1.27. The number of nitrogens with zero attached hydrogens (tertiary/aromatic N) is 1. The van der Waals surface area contributed by atoms with Crippen LogP contribution in [-0.2, 0) is 19.2 Å². The molecule has 0 heterocycles. The van der Waals surface area contributed by atoms with Crippen LogP contribution < -0.4 is 0 Å². The van der Waals surface area contributed by atoms with E-state index in [2.05, 4.69) is 0 Å². The molecule has 0 fully saturated rings. The van der Waals surface area contributed by atoms with E-state index >= 15 is 0 Å². The summed E-state index contributed by atoms with van der Waals surface area (Å²) in [5.74, 6) is -2.86. The molecule has 8 heteroatoms. The molecule has 0 aromatic heterocycles. The highest BCUT2D eigenvalue weighted by Crippen LogP contribution is 2.19. The second kappa shape index (κ2) is 6.75. The molecule has 122 valence electrons. The summed E-state index contributed by atoms with van der Waals surface area (Å²) in [4.78, 5) is 39.4. The lowest BCUT2D eigenvalue weighted by molar-refractivity contribution is -0.234. The van der Waals surface area contributed by atoms with Crippen molar-refractivity contribution in [3.05, 3.63) is 0 Å². The molecule has 0 aliphatic carbocycles. The summed E-state index contributed by atoms with van der Waals surface area (Å²) in [6, 6.07) is -1.68. The minimum atomic E-state index is -1.68. The largest absolute Gasteiger partial charge is 0.481 e. The summed E-state index contributed by atoms with van der Waals surface area (Å²) in [7, 11) is 0. The monoisotopic (exact) mass is 305 g/mol. The van der Waals surface area contributed by atoms with E-state index in [-0.39, 0.29) is 0 Å². The summed E-state index contributed by atoms with van der Waals surface area (Å²) in [6.45, 7) is 9.62. The Morgan fingerprint density at radius 2 is 1.48 bits per heavy atom. The highest BCUT2D eigenvalue weighted by atomic mass is 16.7. The quantitative estimate of drug-likeness (QED) is 0.745. The fraction of sp³-hybridized carbons (Fsp3) is 0.769. The molecule has 0 saturated heterocycles. The van der Waals surface area contributed by atoms with Crippen molar-refractivity contribution in [2.45, 2.75) is 65.2 Å². The lowest BCUT2D eigenvalue weighted by atomic mass is 10.2. The Balaban J connectivity index is 5.41. The number of hydrogen-bond acceptors (Lipinski definition) is 5. The molecule has 0 radical (unpaired) electrons. The lowest BCUT2D eigenvalue weighted by Gasteiger charge is -2.34. The van der Waals surface area contributed by atoms with Crippen molar-refractivity contribution in [1.29, 1.82) is 0 Å². The molecule has 0 aliphatic heterocycles. The van der Waals surface area contributed by atoms with E-state index in [0.29, 0.717) is 5.06 Å². The molecule has 1 atom stereocenters. The van der Waals surface area contributed by atoms with Crippen LogP contribution in [-0.4, -0.2) is 50.6 Å². The molecule has 0 unspecified atom stereocenters. The molecular weight excluding hydrogens is 282 g/mol. The molecule has 0 aromatic rings. The maximum absolute atomic E-state index is 12.1. The maximum Gasteiger partial charge on any atom is 0.435 e. The van der Waals surface area contributed by atoms with Gasteiger partial charge in [-0.3, -0.25) is 9.63 Å². The molecule has 1 amide bonds. The number of ether oxygens (including phenoxy) is 1. The molecular formula is C13H23NO7. The molecule has 2 N–H and O–H groups in total. The van der Waals surface area contributed by atoms with E-state index in [9.17, 15) is 14.4 Å².